The van der Waals surface area contributed by atoms with E-state index in [1.165, 1.54) is 0 Å². The monoisotopic (exact) mass is 243 g/mol. The van der Waals surface area contributed by atoms with E-state index in [1.54, 1.807) is 6.08 Å². The molecule has 1 aromatic rings. The molecule has 0 N–H and O–H groups in total. The summed E-state index contributed by atoms with van der Waals surface area (Å²) in [6, 6.07) is 3.83. The lowest BCUT2D eigenvalue weighted by Crippen LogP contribution is -2.40. The van der Waals surface area contributed by atoms with Gasteiger partial charge in [0.15, 0.2) is 0 Å². The summed E-state index contributed by atoms with van der Waals surface area (Å²) in [6.07, 6.45) is 3.63. The highest BCUT2D eigenvalue weighted by molar-refractivity contribution is 5.90. The molecule has 3 nitrogen and oxygen atoms in total. The predicted octanol–water partition coefficient (Wildman–Crippen LogP) is 1.53. The summed E-state index contributed by atoms with van der Waals surface area (Å²) in [5.74, 6) is 0.638. The van der Waals surface area contributed by atoms with Gasteiger partial charge in [-0.15, -0.1) is 0 Å². The van der Waals surface area contributed by atoms with E-state index in [0.717, 1.165) is 21.9 Å². The minimum absolute atomic E-state index is 0.112. The maximum absolute atomic E-state index is 11.9. The summed E-state index contributed by atoms with van der Waals surface area (Å²) in [7, 11) is 0. The highest BCUT2D eigenvalue weighted by atomic mass is 16.5. The Labute approximate surface area is 107 Å². The van der Waals surface area contributed by atoms with E-state index in [0.29, 0.717) is 6.61 Å². The van der Waals surface area contributed by atoms with E-state index in [2.05, 4.69) is 11.6 Å². The van der Waals surface area contributed by atoms with Gasteiger partial charge in [-0.1, -0.05) is 24.8 Å². The van der Waals surface area contributed by atoms with E-state index < -0.39 is 5.41 Å². The molecule has 0 bridgehead atoms. The Morgan fingerprint density at radius 1 is 1.44 bits per heavy atom. The smallest absolute Gasteiger partial charge is 0.255 e. The van der Waals surface area contributed by atoms with Gasteiger partial charge in [0.25, 0.3) is 5.91 Å². The lowest BCUT2D eigenvalue weighted by Gasteiger charge is -2.20. The van der Waals surface area contributed by atoms with Crippen LogP contribution in [0.1, 0.15) is 19.4 Å². The van der Waals surface area contributed by atoms with E-state index >= 15 is 0 Å². The SMILES string of the molecule is C=CCOc1ccc(C)c2c1=CC(C)(C)C(=O)N=2. The molecule has 18 heavy (non-hydrogen) atoms. The zero-order chi connectivity index (χ0) is 13.3. The van der Waals surface area contributed by atoms with E-state index in [9.17, 15) is 4.79 Å². The van der Waals surface area contributed by atoms with Crippen LogP contribution < -0.4 is 15.3 Å². The van der Waals surface area contributed by atoms with E-state index in [1.807, 2.05) is 39.0 Å². The van der Waals surface area contributed by atoms with Gasteiger partial charge in [0.2, 0.25) is 0 Å². The fourth-order valence-corrected chi connectivity index (χ4v) is 1.93. The van der Waals surface area contributed by atoms with Crippen LogP contribution in [-0.2, 0) is 4.79 Å². The van der Waals surface area contributed by atoms with Crippen LogP contribution in [-0.4, -0.2) is 12.5 Å². The van der Waals surface area contributed by atoms with Crippen molar-refractivity contribution in [2.45, 2.75) is 20.8 Å². The van der Waals surface area contributed by atoms with Gasteiger partial charge in [-0.2, -0.15) is 0 Å². The van der Waals surface area contributed by atoms with Crippen LogP contribution in [0, 0.1) is 12.3 Å². The van der Waals surface area contributed by atoms with Crippen LogP contribution >= 0.6 is 0 Å². The third-order valence-corrected chi connectivity index (χ3v) is 3.01. The van der Waals surface area contributed by atoms with Crippen molar-refractivity contribution in [3.8, 4) is 5.75 Å². The lowest BCUT2D eigenvalue weighted by atomic mass is 9.88. The number of hydrogen-bond donors (Lipinski definition) is 0. The Balaban J connectivity index is 2.71. The first-order valence-corrected chi connectivity index (χ1v) is 5.95. The second-order valence-electron chi connectivity index (χ2n) is 5.03. The normalized spacial score (nSPS) is 16.3. The molecule has 0 aliphatic carbocycles. The highest BCUT2D eigenvalue weighted by Crippen LogP contribution is 2.21. The molecule has 0 unspecified atom stereocenters. The molecule has 1 aliphatic heterocycles. The molecule has 0 saturated heterocycles. The van der Waals surface area contributed by atoms with Gasteiger partial charge in [0.05, 0.1) is 10.8 Å². The van der Waals surface area contributed by atoms with Gasteiger partial charge in [-0.05, 0) is 32.4 Å². The molecule has 0 fully saturated rings. The second-order valence-corrected chi connectivity index (χ2v) is 5.03. The minimum atomic E-state index is -0.576. The molecule has 1 aromatic carbocycles. The minimum Gasteiger partial charge on any atom is -0.489 e. The fraction of sp³-hybridized carbons (Fsp3) is 0.333. The van der Waals surface area contributed by atoms with Gasteiger partial charge in [-0.3, -0.25) is 4.79 Å². The summed E-state index contributed by atoms with van der Waals surface area (Å²) in [5.41, 5.74) is 0.406. The fourth-order valence-electron chi connectivity index (χ4n) is 1.93. The maximum atomic E-state index is 11.9. The summed E-state index contributed by atoms with van der Waals surface area (Å²) in [5, 5.41) is 1.63. The summed E-state index contributed by atoms with van der Waals surface area (Å²) >= 11 is 0. The number of amides is 1. The molecule has 1 amide bonds. The predicted molar refractivity (Wildman–Crippen MR) is 70.9 cm³/mol. The van der Waals surface area contributed by atoms with Crippen molar-refractivity contribution in [3.05, 3.63) is 40.9 Å². The zero-order valence-corrected chi connectivity index (χ0v) is 11.0. The van der Waals surface area contributed by atoms with Crippen LogP contribution in [0.3, 0.4) is 0 Å². The molecule has 0 atom stereocenters. The zero-order valence-electron chi connectivity index (χ0n) is 11.0. The molecule has 1 heterocycles. The number of hydrogen-bond acceptors (Lipinski definition) is 2. The molecule has 2 rings (SSSR count). The van der Waals surface area contributed by atoms with Gasteiger partial charge in [-0.25, -0.2) is 4.99 Å². The maximum Gasteiger partial charge on any atom is 0.255 e. The van der Waals surface area contributed by atoms with Crippen LogP contribution in [0.4, 0.5) is 0 Å². The van der Waals surface area contributed by atoms with Crippen molar-refractivity contribution in [3.63, 3.8) is 0 Å². The summed E-state index contributed by atoms with van der Waals surface area (Å²) in [6.45, 7) is 9.74. The Bertz CT molecular complexity index is 627. The average Bonchev–Trinajstić information content (AvgIpc) is 2.31. The molecule has 0 radical (unpaired) electrons. The Kier molecular flexibility index (Phi) is 3.07. The number of benzene rings is 1. The quantitative estimate of drug-likeness (QED) is 0.755. The number of nitrogens with zero attached hydrogens (tertiary/aromatic N) is 1. The van der Waals surface area contributed by atoms with Crippen LogP contribution in [0.2, 0.25) is 0 Å². The third kappa shape index (κ3) is 2.08. The number of carbonyl (C=O) groups excluding carboxylic acids is 1. The Morgan fingerprint density at radius 3 is 2.83 bits per heavy atom. The number of ether oxygens (including phenoxy) is 1. The number of fused-ring (bicyclic) bond motifs is 1. The second kappa shape index (κ2) is 4.41. The van der Waals surface area contributed by atoms with E-state index in [-0.39, 0.29) is 5.91 Å². The third-order valence-electron chi connectivity index (χ3n) is 3.01. The van der Waals surface area contributed by atoms with Crippen LogP contribution in [0.15, 0.2) is 29.8 Å². The highest BCUT2D eigenvalue weighted by Gasteiger charge is 2.28. The van der Waals surface area contributed by atoms with Crippen molar-refractivity contribution in [2.75, 3.05) is 6.61 Å². The largest absolute Gasteiger partial charge is 0.489 e. The number of aryl methyl sites for hydroxylation is 1. The first kappa shape index (κ1) is 12.6. The first-order chi connectivity index (χ1) is 8.45. The van der Waals surface area contributed by atoms with Crippen molar-refractivity contribution in [1.29, 1.82) is 0 Å². The molecule has 0 spiro atoms. The standard InChI is InChI=1S/C15H17NO2/c1-5-8-18-12-7-6-10(2)13-11(12)9-15(3,4)14(17)16-13/h5-7,9H,1,8H2,2-4H3. The molecule has 94 valence electrons. The van der Waals surface area contributed by atoms with Gasteiger partial charge in [0.1, 0.15) is 12.4 Å². The van der Waals surface area contributed by atoms with Crippen LogP contribution in [0.25, 0.3) is 6.08 Å². The Morgan fingerprint density at radius 2 is 2.17 bits per heavy atom. The summed E-state index contributed by atoms with van der Waals surface area (Å²) in [4.78, 5) is 16.1. The summed E-state index contributed by atoms with van der Waals surface area (Å²) < 4.78 is 5.62. The topological polar surface area (TPSA) is 38.7 Å². The molecular formula is C15H17NO2. The van der Waals surface area contributed by atoms with E-state index in [4.69, 9.17) is 4.74 Å². The average molecular weight is 243 g/mol. The van der Waals surface area contributed by atoms with Gasteiger partial charge >= 0.3 is 0 Å². The number of carbonyl (C=O) groups is 1. The van der Waals surface area contributed by atoms with Crippen molar-refractivity contribution < 1.29 is 9.53 Å². The van der Waals surface area contributed by atoms with Crippen LogP contribution in [0.5, 0.6) is 5.75 Å². The first-order valence-electron chi connectivity index (χ1n) is 5.95. The molecule has 1 aliphatic rings. The lowest BCUT2D eigenvalue weighted by molar-refractivity contribution is -0.123. The van der Waals surface area contributed by atoms with Gasteiger partial charge in [0, 0.05) is 5.22 Å². The van der Waals surface area contributed by atoms with Gasteiger partial charge < -0.3 is 4.74 Å². The molecule has 0 aromatic heterocycles. The molecular weight excluding hydrogens is 226 g/mol. The Hall–Kier alpha value is -1.90. The van der Waals surface area contributed by atoms with Crippen molar-refractivity contribution in [2.24, 2.45) is 10.4 Å². The molecule has 3 heteroatoms. The number of rotatable bonds is 3. The van der Waals surface area contributed by atoms with Crippen molar-refractivity contribution in [1.82, 2.24) is 0 Å². The molecule has 0 saturated carbocycles. The van der Waals surface area contributed by atoms with Crippen molar-refractivity contribution >= 4 is 12.0 Å².